The number of rotatable bonds is 0. The maximum absolute atomic E-state index is 9.48. The van der Waals surface area contributed by atoms with Gasteiger partial charge in [-0.25, -0.2) is 0 Å². The van der Waals surface area contributed by atoms with E-state index in [-0.39, 0.29) is 11.4 Å². The fourth-order valence-corrected chi connectivity index (χ4v) is 2.32. The molecule has 0 aromatic carbocycles. The van der Waals surface area contributed by atoms with Crippen LogP contribution in [0.4, 0.5) is 0 Å². The summed E-state index contributed by atoms with van der Waals surface area (Å²) in [4.78, 5) is 0. The Labute approximate surface area is 81.0 Å². The molecule has 0 aliphatic heterocycles. The molecule has 1 saturated carbocycles. The van der Waals surface area contributed by atoms with Crippen molar-refractivity contribution in [3.63, 3.8) is 0 Å². The Kier molecular flexibility index (Phi) is 3.11. The van der Waals surface area contributed by atoms with Crippen LogP contribution < -0.4 is 0 Å². The largest absolute Gasteiger partial charge is 0.392 e. The SMILES string of the molecule is CC(C)(C)[C@@H]1CC[C@@H](O)[C@H](S)C1. The lowest BCUT2D eigenvalue weighted by molar-refractivity contribution is 0.0792. The molecule has 12 heavy (non-hydrogen) atoms. The molecule has 0 amide bonds. The zero-order valence-corrected chi connectivity index (χ0v) is 9.14. The second-order valence-electron chi connectivity index (χ2n) is 5.01. The lowest BCUT2D eigenvalue weighted by atomic mass is 9.71. The van der Waals surface area contributed by atoms with Crippen molar-refractivity contribution in [1.29, 1.82) is 0 Å². The molecule has 0 bridgehead atoms. The lowest BCUT2D eigenvalue weighted by Gasteiger charge is -2.38. The predicted octanol–water partition coefficient (Wildman–Crippen LogP) is 2.49. The summed E-state index contributed by atoms with van der Waals surface area (Å²) < 4.78 is 0. The molecule has 0 aromatic heterocycles. The lowest BCUT2D eigenvalue weighted by Crippen LogP contribution is -2.35. The molecule has 1 fully saturated rings. The van der Waals surface area contributed by atoms with Gasteiger partial charge >= 0.3 is 0 Å². The van der Waals surface area contributed by atoms with Gasteiger partial charge in [0.05, 0.1) is 6.10 Å². The van der Waals surface area contributed by atoms with E-state index in [1.165, 1.54) is 0 Å². The predicted molar refractivity (Wildman–Crippen MR) is 55.6 cm³/mol. The van der Waals surface area contributed by atoms with E-state index in [0.717, 1.165) is 25.2 Å². The minimum absolute atomic E-state index is 0.174. The second-order valence-corrected chi connectivity index (χ2v) is 5.67. The smallest absolute Gasteiger partial charge is 0.0656 e. The maximum atomic E-state index is 9.48. The van der Waals surface area contributed by atoms with Crippen molar-refractivity contribution in [2.24, 2.45) is 11.3 Å². The maximum Gasteiger partial charge on any atom is 0.0656 e. The molecule has 3 atom stereocenters. The molecular formula is C10H20OS. The first kappa shape index (κ1) is 10.4. The summed E-state index contributed by atoms with van der Waals surface area (Å²) in [5.41, 5.74) is 0.376. The highest BCUT2D eigenvalue weighted by atomic mass is 32.1. The first-order chi connectivity index (χ1) is 5.41. The van der Waals surface area contributed by atoms with E-state index in [2.05, 4.69) is 33.4 Å². The topological polar surface area (TPSA) is 20.2 Å². The number of aliphatic hydroxyl groups excluding tert-OH is 1. The van der Waals surface area contributed by atoms with Gasteiger partial charge in [0.1, 0.15) is 0 Å². The van der Waals surface area contributed by atoms with Gasteiger partial charge in [-0.2, -0.15) is 12.6 Å². The number of hydrogen-bond acceptors (Lipinski definition) is 2. The second kappa shape index (κ2) is 3.59. The molecule has 0 aromatic rings. The third kappa shape index (κ3) is 2.40. The van der Waals surface area contributed by atoms with Gasteiger partial charge in [0.25, 0.3) is 0 Å². The first-order valence-corrected chi connectivity index (χ1v) is 5.29. The van der Waals surface area contributed by atoms with Gasteiger partial charge in [0.2, 0.25) is 0 Å². The molecule has 72 valence electrons. The first-order valence-electron chi connectivity index (χ1n) is 4.77. The van der Waals surface area contributed by atoms with Gasteiger partial charge in [-0.3, -0.25) is 0 Å². The van der Waals surface area contributed by atoms with E-state index in [1.54, 1.807) is 0 Å². The Hall–Kier alpha value is 0.310. The number of aliphatic hydroxyl groups is 1. The van der Waals surface area contributed by atoms with Gasteiger partial charge in [0, 0.05) is 5.25 Å². The van der Waals surface area contributed by atoms with Crippen LogP contribution in [0.15, 0.2) is 0 Å². The van der Waals surface area contributed by atoms with Crippen LogP contribution in [0.1, 0.15) is 40.0 Å². The molecule has 1 aliphatic rings. The average molecular weight is 188 g/mol. The van der Waals surface area contributed by atoms with Crippen LogP contribution in [0, 0.1) is 11.3 Å². The quantitative estimate of drug-likeness (QED) is 0.560. The molecule has 0 radical (unpaired) electrons. The van der Waals surface area contributed by atoms with Crippen molar-refractivity contribution < 1.29 is 5.11 Å². The third-order valence-electron chi connectivity index (χ3n) is 3.01. The van der Waals surface area contributed by atoms with Crippen molar-refractivity contribution in [1.82, 2.24) is 0 Å². The van der Waals surface area contributed by atoms with Crippen LogP contribution in [-0.2, 0) is 0 Å². The van der Waals surface area contributed by atoms with E-state index in [0.29, 0.717) is 5.41 Å². The van der Waals surface area contributed by atoms with Crippen molar-refractivity contribution in [2.45, 2.75) is 51.4 Å². The van der Waals surface area contributed by atoms with Gasteiger partial charge in [-0.05, 0) is 30.6 Å². The van der Waals surface area contributed by atoms with Crippen molar-refractivity contribution in [2.75, 3.05) is 0 Å². The summed E-state index contributed by atoms with van der Waals surface area (Å²) in [7, 11) is 0. The van der Waals surface area contributed by atoms with Crippen LogP contribution in [-0.4, -0.2) is 16.5 Å². The molecule has 0 unspecified atom stereocenters. The summed E-state index contributed by atoms with van der Waals surface area (Å²) >= 11 is 4.40. The minimum Gasteiger partial charge on any atom is -0.392 e. The van der Waals surface area contributed by atoms with Gasteiger partial charge in [0.15, 0.2) is 0 Å². The normalized spacial score (nSPS) is 38.2. The minimum atomic E-state index is -0.174. The van der Waals surface area contributed by atoms with Crippen molar-refractivity contribution in [3.05, 3.63) is 0 Å². The van der Waals surface area contributed by atoms with Gasteiger partial charge < -0.3 is 5.11 Å². The average Bonchev–Trinajstić information content (AvgIpc) is 1.92. The standard InChI is InChI=1S/C10H20OS/c1-10(2,3)7-4-5-8(11)9(12)6-7/h7-9,11-12H,4-6H2,1-3H3/t7-,8-,9-/m1/s1. The van der Waals surface area contributed by atoms with Crippen LogP contribution in [0.25, 0.3) is 0 Å². The van der Waals surface area contributed by atoms with E-state index >= 15 is 0 Å². The Morgan fingerprint density at radius 1 is 1.25 bits per heavy atom. The van der Waals surface area contributed by atoms with E-state index in [1.807, 2.05) is 0 Å². The summed E-state index contributed by atoms with van der Waals surface area (Å²) in [6.45, 7) is 6.82. The summed E-state index contributed by atoms with van der Waals surface area (Å²) in [6, 6.07) is 0. The fraction of sp³-hybridized carbons (Fsp3) is 1.00. The summed E-state index contributed by atoms with van der Waals surface area (Å²) in [5.74, 6) is 0.725. The monoisotopic (exact) mass is 188 g/mol. The summed E-state index contributed by atoms with van der Waals surface area (Å²) in [6.07, 6.45) is 2.97. The van der Waals surface area contributed by atoms with Crippen LogP contribution in [0.3, 0.4) is 0 Å². The molecule has 1 N–H and O–H groups in total. The van der Waals surface area contributed by atoms with E-state index in [9.17, 15) is 5.11 Å². The van der Waals surface area contributed by atoms with Crippen LogP contribution in [0.5, 0.6) is 0 Å². The molecule has 0 spiro atoms. The van der Waals surface area contributed by atoms with E-state index < -0.39 is 0 Å². The molecule has 0 saturated heterocycles. The van der Waals surface area contributed by atoms with Gasteiger partial charge in [-0.15, -0.1) is 0 Å². The highest BCUT2D eigenvalue weighted by Crippen LogP contribution is 2.39. The van der Waals surface area contributed by atoms with Crippen molar-refractivity contribution >= 4 is 12.6 Å². The Morgan fingerprint density at radius 3 is 2.25 bits per heavy atom. The zero-order chi connectivity index (χ0) is 9.35. The number of hydrogen-bond donors (Lipinski definition) is 2. The Morgan fingerprint density at radius 2 is 1.83 bits per heavy atom. The molecule has 1 rings (SSSR count). The Balaban J connectivity index is 2.51. The van der Waals surface area contributed by atoms with Crippen LogP contribution in [0.2, 0.25) is 0 Å². The Bertz CT molecular complexity index is 150. The van der Waals surface area contributed by atoms with Gasteiger partial charge in [-0.1, -0.05) is 20.8 Å². The fourth-order valence-electron chi connectivity index (χ4n) is 1.92. The third-order valence-corrected chi connectivity index (χ3v) is 3.56. The van der Waals surface area contributed by atoms with Crippen molar-refractivity contribution in [3.8, 4) is 0 Å². The summed E-state index contributed by atoms with van der Waals surface area (Å²) in [5, 5.41) is 9.68. The highest BCUT2D eigenvalue weighted by Gasteiger charge is 2.33. The molecule has 0 heterocycles. The molecular weight excluding hydrogens is 168 g/mol. The molecule has 2 heteroatoms. The van der Waals surface area contributed by atoms with Crippen LogP contribution >= 0.6 is 12.6 Å². The molecule has 1 aliphatic carbocycles. The number of thiol groups is 1. The van der Waals surface area contributed by atoms with E-state index in [4.69, 9.17) is 0 Å². The zero-order valence-electron chi connectivity index (χ0n) is 8.25. The molecule has 1 nitrogen and oxygen atoms in total. The highest BCUT2D eigenvalue weighted by molar-refractivity contribution is 7.81.